The van der Waals surface area contributed by atoms with Crippen LogP contribution >= 0.6 is 11.6 Å². The van der Waals surface area contributed by atoms with Crippen molar-refractivity contribution in [2.75, 3.05) is 0 Å². The van der Waals surface area contributed by atoms with Crippen molar-refractivity contribution in [2.24, 2.45) is 0 Å². The summed E-state index contributed by atoms with van der Waals surface area (Å²) >= 11 is 5.86. The van der Waals surface area contributed by atoms with Crippen molar-refractivity contribution in [3.8, 4) is 11.5 Å². The Balaban J connectivity index is 1.72. The van der Waals surface area contributed by atoms with E-state index in [4.69, 9.17) is 21.4 Å². The van der Waals surface area contributed by atoms with Gasteiger partial charge in [-0.05, 0) is 60.2 Å². The quantitative estimate of drug-likeness (QED) is 0.669. The summed E-state index contributed by atoms with van der Waals surface area (Å²) in [5.74, 6) is 0.421. The molecule has 0 unspecified atom stereocenters. The minimum Gasteiger partial charge on any atom is -0.478 e. The normalized spacial score (nSPS) is 10.8. The van der Waals surface area contributed by atoms with Crippen LogP contribution in [0.3, 0.4) is 0 Å². The third-order valence-corrected chi connectivity index (χ3v) is 3.64. The SMILES string of the molecule is O=C(O)c1ccc(/C=C/c2cccc(Oc3ccc(Cl)cc3)c2)nc1. The van der Waals surface area contributed by atoms with Crippen LogP contribution < -0.4 is 4.74 Å². The van der Waals surface area contributed by atoms with Crippen molar-refractivity contribution < 1.29 is 14.6 Å². The highest BCUT2D eigenvalue weighted by Crippen LogP contribution is 2.24. The van der Waals surface area contributed by atoms with Gasteiger partial charge in [-0.1, -0.05) is 29.8 Å². The summed E-state index contributed by atoms with van der Waals surface area (Å²) in [4.78, 5) is 14.9. The van der Waals surface area contributed by atoms with Crippen LogP contribution in [0.15, 0.2) is 66.9 Å². The molecule has 3 aromatic rings. The first-order chi connectivity index (χ1) is 12.1. The molecule has 0 aliphatic heterocycles. The molecule has 3 rings (SSSR count). The van der Waals surface area contributed by atoms with Crippen LogP contribution in [0.25, 0.3) is 12.2 Å². The predicted octanol–water partition coefficient (Wildman–Crippen LogP) is 5.40. The van der Waals surface area contributed by atoms with Crippen LogP contribution in [0.4, 0.5) is 0 Å². The van der Waals surface area contributed by atoms with E-state index in [1.165, 1.54) is 12.3 Å². The van der Waals surface area contributed by atoms with Gasteiger partial charge in [0.1, 0.15) is 11.5 Å². The van der Waals surface area contributed by atoms with Gasteiger partial charge in [0.15, 0.2) is 0 Å². The third-order valence-electron chi connectivity index (χ3n) is 3.39. The highest BCUT2D eigenvalue weighted by molar-refractivity contribution is 6.30. The molecular weight excluding hydrogens is 338 g/mol. The van der Waals surface area contributed by atoms with Crippen LogP contribution in [-0.4, -0.2) is 16.1 Å². The summed E-state index contributed by atoms with van der Waals surface area (Å²) in [6, 6.07) is 17.9. The number of benzene rings is 2. The van der Waals surface area contributed by atoms with Gasteiger partial charge in [-0.15, -0.1) is 0 Å². The Bertz CT molecular complexity index is 903. The first-order valence-electron chi connectivity index (χ1n) is 7.51. The molecule has 1 aromatic heterocycles. The Morgan fingerprint density at radius 3 is 2.48 bits per heavy atom. The van der Waals surface area contributed by atoms with E-state index in [0.717, 1.165) is 5.56 Å². The minimum absolute atomic E-state index is 0.163. The van der Waals surface area contributed by atoms with Gasteiger partial charge in [0.2, 0.25) is 0 Å². The average Bonchev–Trinajstić information content (AvgIpc) is 2.63. The van der Waals surface area contributed by atoms with Crippen LogP contribution in [0.2, 0.25) is 5.02 Å². The molecule has 2 aromatic carbocycles. The van der Waals surface area contributed by atoms with Gasteiger partial charge >= 0.3 is 5.97 Å². The number of pyridine rings is 1. The van der Waals surface area contributed by atoms with Gasteiger partial charge in [-0.25, -0.2) is 4.79 Å². The van der Waals surface area contributed by atoms with Gasteiger partial charge in [0.05, 0.1) is 11.3 Å². The molecule has 0 aliphatic rings. The number of ether oxygens (including phenoxy) is 1. The number of rotatable bonds is 5. The molecule has 0 amide bonds. The van der Waals surface area contributed by atoms with Crippen molar-refractivity contribution in [1.29, 1.82) is 0 Å². The topological polar surface area (TPSA) is 59.4 Å². The molecule has 25 heavy (non-hydrogen) atoms. The summed E-state index contributed by atoms with van der Waals surface area (Å²) < 4.78 is 5.79. The molecule has 0 saturated heterocycles. The zero-order chi connectivity index (χ0) is 17.6. The zero-order valence-electron chi connectivity index (χ0n) is 13.1. The van der Waals surface area contributed by atoms with E-state index in [0.29, 0.717) is 22.2 Å². The molecular formula is C20H14ClNO3. The summed E-state index contributed by atoms with van der Waals surface area (Å²) in [6.07, 6.45) is 5.03. The Morgan fingerprint density at radius 1 is 1.00 bits per heavy atom. The number of carboxylic acid groups (broad SMARTS) is 1. The van der Waals surface area contributed by atoms with Crippen molar-refractivity contribution in [3.63, 3.8) is 0 Å². The lowest BCUT2D eigenvalue weighted by Crippen LogP contribution is -1.96. The Kier molecular flexibility index (Phi) is 5.11. The van der Waals surface area contributed by atoms with Gasteiger partial charge < -0.3 is 9.84 Å². The fourth-order valence-corrected chi connectivity index (χ4v) is 2.26. The number of carbonyl (C=O) groups is 1. The van der Waals surface area contributed by atoms with E-state index in [1.807, 2.05) is 36.4 Å². The summed E-state index contributed by atoms with van der Waals surface area (Å²) in [6.45, 7) is 0. The molecule has 0 fully saturated rings. The number of carboxylic acids is 1. The number of aromatic carboxylic acids is 1. The minimum atomic E-state index is -0.991. The van der Waals surface area contributed by atoms with E-state index in [-0.39, 0.29) is 5.56 Å². The lowest BCUT2D eigenvalue weighted by Gasteiger charge is -2.06. The maximum Gasteiger partial charge on any atom is 0.337 e. The van der Waals surface area contributed by atoms with E-state index in [2.05, 4.69) is 4.98 Å². The molecule has 0 saturated carbocycles. The Labute approximate surface area is 150 Å². The molecule has 0 bridgehead atoms. The summed E-state index contributed by atoms with van der Waals surface area (Å²) in [5, 5.41) is 9.53. The number of hydrogen-bond acceptors (Lipinski definition) is 3. The molecule has 4 nitrogen and oxygen atoms in total. The molecule has 0 aliphatic carbocycles. The van der Waals surface area contributed by atoms with Crippen molar-refractivity contribution in [1.82, 2.24) is 4.98 Å². The maximum absolute atomic E-state index is 10.8. The Hall–Kier alpha value is -3.11. The fraction of sp³-hybridized carbons (Fsp3) is 0. The smallest absolute Gasteiger partial charge is 0.337 e. The number of hydrogen-bond donors (Lipinski definition) is 1. The highest BCUT2D eigenvalue weighted by atomic mass is 35.5. The standard InChI is InChI=1S/C20H14ClNO3/c21-16-6-10-18(11-7-16)25-19-3-1-2-14(12-19)4-8-17-9-5-15(13-22-17)20(23)24/h1-13H,(H,23,24)/b8-4+. The maximum atomic E-state index is 10.8. The largest absolute Gasteiger partial charge is 0.478 e. The average molecular weight is 352 g/mol. The Morgan fingerprint density at radius 2 is 1.80 bits per heavy atom. The van der Waals surface area contributed by atoms with Crippen molar-refractivity contribution in [2.45, 2.75) is 0 Å². The number of aromatic nitrogens is 1. The second-order valence-electron chi connectivity index (χ2n) is 5.24. The van der Waals surface area contributed by atoms with Crippen LogP contribution in [-0.2, 0) is 0 Å². The third kappa shape index (κ3) is 4.68. The van der Waals surface area contributed by atoms with Crippen LogP contribution in [0.5, 0.6) is 11.5 Å². The van der Waals surface area contributed by atoms with Crippen LogP contribution in [0, 0.1) is 0 Å². The number of halogens is 1. The van der Waals surface area contributed by atoms with Crippen molar-refractivity contribution >= 4 is 29.7 Å². The van der Waals surface area contributed by atoms with Gasteiger partial charge in [-0.3, -0.25) is 4.98 Å². The van der Waals surface area contributed by atoms with E-state index < -0.39 is 5.97 Å². The molecule has 124 valence electrons. The molecule has 5 heteroatoms. The monoisotopic (exact) mass is 351 g/mol. The lowest BCUT2D eigenvalue weighted by molar-refractivity contribution is 0.0696. The second-order valence-corrected chi connectivity index (χ2v) is 5.68. The zero-order valence-corrected chi connectivity index (χ0v) is 13.9. The lowest BCUT2D eigenvalue weighted by atomic mass is 10.1. The molecule has 1 N–H and O–H groups in total. The molecule has 0 atom stereocenters. The van der Waals surface area contributed by atoms with Crippen LogP contribution in [0.1, 0.15) is 21.6 Å². The number of nitrogens with zero attached hydrogens (tertiary/aromatic N) is 1. The predicted molar refractivity (Wildman–Crippen MR) is 98.1 cm³/mol. The first kappa shape index (κ1) is 16.7. The first-order valence-corrected chi connectivity index (χ1v) is 7.89. The van der Waals surface area contributed by atoms with E-state index in [9.17, 15) is 4.79 Å². The van der Waals surface area contributed by atoms with E-state index >= 15 is 0 Å². The van der Waals surface area contributed by atoms with Gasteiger partial charge in [0, 0.05) is 11.2 Å². The second kappa shape index (κ2) is 7.64. The molecule has 0 radical (unpaired) electrons. The highest BCUT2D eigenvalue weighted by Gasteiger charge is 2.02. The van der Waals surface area contributed by atoms with Crippen molar-refractivity contribution in [3.05, 3.63) is 88.7 Å². The van der Waals surface area contributed by atoms with Gasteiger partial charge in [0.25, 0.3) is 0 Å². The summed E-state index contributed by atoms with van der Waals surface area (Å²) in [7, 11) is 0. The molecule has 1 heterocycles. The molecule has 0 spiro atoms. The van der Waals surface area contributed by atoms with E-state index in [1.54, 1.807) is 30.3 Å². The summed E-state index contributed by atoms with van der Waals surface area (Å²) in [5.41, 5.74) is 1.78. The fourth-order valence-electron chi connectivity index (χ4n) is 2.13. The van der Waals surface area contributed by atoms with Gasteiger partial charge in [-0.2, -0.15) is 0 Å².